The van der Waals surface area contributed by atoms with Gasteiger partial charge in [0, 0.05) is 6.07 Å². The van der Waals surface area contributed by atoms with Crippen LogP contribution in [-0.4, -0.2) is 39.5 Å². The Labute approximate surface area is 101 Å². The summed E-state index contributed by atoms with van der Waals surface area (Å²) in [6, 6.07) is 1.24. The minimum Gasteiger partial charge on any atom is -0.381 e. The van der Waals surface area contributed by atoms with Crippen LogP contribution in [0.15, 0.2) is 6.07 Å². The summed E-state index contributed by atoms with van der Waals surface area (Å²) in [4.78, 5) is 28.7. The maximum atomic E-state index is 10.9. The smallest absolute Gasteiger partial charge is 0.267 e. The van der Waals surface area contributed by atoms with Crippen LogP contribution >= 0.6 is 11.6 Å². The van der Waals surface area contributed by atoms with E-state index in [2.05, 4.69) is 15.3 Å². The van der Waals surface area contributed by atoms with Crippen molar-refractivity contribution in [1.82, 2.24) is 9.97 Å². The molecule has 1 atom stereocenters. The minimum absolute atomic E-state index is 0.0823. The molecule has 0 spiro atoms. The van der Waals surface area contributed by atoms with E-state index >= 15 is 0 Å². The maximum absolute atomic E-state index is 10.9. The molecule has 1 heterocycles. The molecule has 17 heavy (non-hydrogen) atoms. The van der Waals surface area contributed by atoms with Gasteiger partial charge in [-0.3, -0.25) is 9.59 Å². The number of nitrogens with two attached hydrogens (primary N) is 2. The van der Waals surface area contributed by atoms with E-state index in [4.69, 9.17) is 28.2 Å². The van der Waals surface area contributed by atoms with Gasteiger partial charge < -0.3 is 21.9 Å². The number of hydrogen-bond acceptors (Lipinski definition) is 6. The van der Waals surface area contributed by atoms with Gasteiger partial charge in [-0.1, -0.05) is 0 Å². The standard InChI is InChI=1S/C8H10ClN5O3/c9-8-13-3(6(10)16)1-5(14-8)12-2-4(15)7(11)17/h1,4,15H,2H2,(H2,10,16)(H2,11,17)(H,12,13,14)/t4-/m0/s1. The van der Waals surface area contributed by atoms with E-state index in [9.17, 15) is 9.59 Å². The third kappa shape index (κ3) is 3.85. The van der Waals surface area contributed by atoms with Gasteiger partial charge in [-0.05, 0) is 11.6 Å². The van der Waals surface area contributed by atoms with E-state index in [0.29, 0.717) is 0 Å². The average Bonchev–Trinajstić information content (AvgIpc) is 2.24. The van der Waals surface area contributed by atoms with Crippen molar-refractivity contribution in [3.63, 3.8) is 0 Å². The van der Waals surface area contributed by atoms with Crippen molar-refractivity contribution in [2.75, 3.05) is 11.9 Å². The Hall–Kier alpha value is -1.93. The van der Waals surface area contributed by atoms with Crippen LogP contribution in [0.5, 0.6) is 0 Å². The molecule has 1 aromatic rings. The van der Waals surface area contributed by atoms with Crippen LogP contribution < -0.4 is 16.8 Å². The number of rotatable bonds is 5. The van der Waals surface area contributed by atoms with Crippen molar-refractivity contribution in [2.45, 2.75) is 6.10 Å². The number of hydrogen-bond donors (Lipinski definition) is 4. The second kappa shape index (κ2) is 5.41. The zero-order chi connectivity index (χ0) is 13.0. The maximum Gasteiger partial charge on any atom is 0.267 e. The molecule has 0 saturated heterocycles. The summed E-state index contributed by atoms with van der Waals surface area (Å²) in [6.07, 6.45) is -1.37. The van der Waals surface area contributed by atoms with Crippen molar-refractivity contribution in [3.8, 4) is 0 Å². The predicted octanol–water partition coefficient (Wildman–Crippen LogP) is -1.51. The number of primary amides is 2. The monoisotopic (exact) mass is 259 g/mol. The van der Waals surface area contributed by atoms with Gasteiger partial charge in [-0.15, -0.1) is 0 Å². The van der Waals surface area contributed by atoms with Crippen molar-refractivity contribution in [1.29, 1.82) is 0 Å². The summed E-state index contributed by atoms with van der Waals surface area (Å²) in [6.45, 7) is -0.166. The molecule has 0 aromatic carbocycles. The predicted molar refractivity (Wildman–Crippen MR) is 59.3 cm³/mol. The normalized spacial score (nSPS) is 11.9. The van der Waals surface area contributed by atoms with Crippen molar-refractivity contribution in [3.05, 3.63) is 17.0 Å². The number of aliphatic hydroxyl groups excluding tert-OH is 1. The Morgan fingerprint density at radius 1 is 1.47 bits per heavy atom. The number of aliphatic hydroxyl groups is 1. The fraction of sp³-hybridized carbons (Fsp3) is 0.250. The number of carbonyl (C=O) groups is 2. The van der Waals surface area contributed by atoms with E-state index in [1.807, 2.05) is 0 Å². The first-order valence-electron chi connectivity index (χ1n) is 4.46. The second-order valence-corrected chi connectivity index (χ2v) is 3.41. The van der Waals surface area contributed by atoms with Crippen LogP contribution in [0.3, 0.4) is 0 Å². The van der Waals surface area contributed by atoms with Gasteiger partial charge in [0.1, 0.15) is 17.6 Å². The van der Waals surface area contributed by atoms with E-state index in [1.54, 1.807) is 0 Å². The van der Waals surface area contributed by atoms with Gasteiger partial charge in [0.2, 0.25) is 11.2 Å². The molecule has 0 aliphatic rings. The molecular formula is C8H10ClN5O3. The van der Waals surface area contributed by atoms with Crippen molar-refractivity contribution >= 4 is 29.2 Å². The zero-order valence-electron chi connectivity index (χ0n) is 8.55. The summed E-state index contributed by atoms with van der Waals surface area (Å²) in [5.41, 5.74) is 9.78. The first kappa shape index (κ1) is 13.1. The van der Waals surface area contributed by atoms with E-state index in [-0.39, 0.29) is 23.3 Å². The molecule has 0 unspecified atom stereocenters. The van der Waals surface area contributed by atoms with Crippen LogP contribution in [0.1, 0.15) is 10.5 Å². The van der Waals surface area contributed by atoms with Gasteiger partial charge in [0.05, 0.1) is 6.54 Å². The molecule has 9 heteroatoms. The first-order valence-corrected chi connectivity index (χ1v) is 4.83. The molecule has 0 bridgehead atoms. The minimum atomic E-state index is -1.37. The Kier molecular flexibility index (Phi) is 4.18. The Bertz CT molecular complexity index is 453. The second-order valence-electron chi connectivity index (χ2n) is 3.07. The molecule has 92 valence electrons. The highest BCUT2D eigenvalue weighted by atomic mass is 35.5. The fourth-order valence-electron chi connectivity index (χ4n) is 0.936. The van der Waals surface area contributed by atoms with E-state index < -0.39 is 17.9 Å². The average molecular weight is 260 g/mol. The summed E-state index contributed by atoms with van der Waals surface area (Å²) in [5.74, 6) is -1.50. The summed E-state index contributed by atoms with van der Waals surface area (Å²) < 4.78 is 0. The SMILES string of the molecule is NC(=O)c1cc(NC[C@H](O)C(N)=O)nc(Cl)n1. The molecule has 1 rings (SSSR count). The van der Waals surface area contributed by atoms with Gasteiger partial charge in [0.15, 0.2) is 0 Å². The number of anilines is 1. The van der Waals surface area contributed by atoms with Gasteiger partial charge in [-0.2, -0.15) is 0 Å². The van der Waals surface area contributed by atoms with Crippen LogP contribution in [0.4, 0.5) is 5.82 Å². The Morgan fingerprint density at radius 2 is 2.12 bits per heavy atom. The van der Waals surface area contributed by atoms with E-state index in [1.165, 1.54) is 6.07 Å². The summed E-state index contributed by atoms with van der Waals surface area (Å²) in [7, 11) is 0. The van der Waals surface area contributed by atoms with Crippen LogP contribution in [0.25, 0.3) is 0 Å². The number of aromatic nitrogens is 2. The van der Waals surface area contributed by atoms with Crippen LogP contribution in [0, 0.1) is 0 Å². The van der Waals surface area contributed by atoms with Gasteiger partial charge in [0.25, 0.3) is 5.91 Å². The highest BCUT2D eigenvalue weighted by Crippen LogP contribution is 2.10. The highest BCUT2D eigenvalue weighted by Gasteiger charge is 2.12. The first-order chi connectivity index (χ1) is 7.90. The van der Waals surface area contributed by atoms with Crippen LogP contribution in [-0.2, 0) is 4.79 Å². The number of carbonyl (C=O) groups excluding carboxylic acids is 2. The molecule has 0 radical (unpaired) electrons. The Morgan fingerprint density at radius 3 is 2.65 bits per heavy atom. The number of amides is 2. The summed E-state index contributed by atoms with van der Waals surface area (Å²) >= 11 is 5.55. The van der Waals surface area contributed by atoms with Crippen molar-refractivity contribution < 1.29 is 14.7 Å². The van der Waals surface area contributed by atoms with Gasteiger partial charge >= 0.3 is 0 Å². The Balaban J connectivity index is 2.78. The largest absolute Gasteiger partial charge is 0.381 e. The van der Waals surface area contributed by atoms with Gasteiger partial charge in [-0.25, -0.2) is 9.97 Å². The number of nitrogens with one attached hydrogen (secondary N) is 1. The molecule has 8 nitrogen and oxygen atoms in total. The molecule has 0 aliphatic carbocycles. The molecule has 1 aromatic heterocycles. The lowest BCUT2D eigenvalue weighted by atomic mass is 10.3. The lowest BCUT2D eigenvalue weighted by Crippen LogP contribution is -2.34. The molecule has 0 aliphatic heterocycles. The molecule has 0 saturated carbocycles. The zero-order valence-corrected chi connectivity index (χ0v) is 9.31. The third-order valence-corrected chi connectivity index (χ3v) is 1.93. The molecule has 2 amide bonds. The lowest BCUT2D eigenvalue weighted by Gasteiger charge is -2.09. The third-order valence-electron chi connectivity index (χ3n) is 1.76. The molecule has 6 N–H and O–H groups in total. The number of halogens is 1. The fourth-order valence-corrected chi connectivity index (χ4v) is 1.12. The quantitative estimate of drug-likeness (QED) is 0.473. The van der Waals surface area contributed by atoms with Crippen molar-refractivity contribution in [2.24, 2.45) is 11.5 Å². The van der Waals surface area contributed by atoms with Crippen LogP contribution in [0.2, 0.25) is 5.28 Å². The lowest BCUT2D eigenvalue weighted by molar-refractivity contribution is -0.125. The topological polar surface area (TPSA) is 144 Å². The summed E-state index contributed by atoms with van der Waals surface area (Å²) in [5, 5.41) is 11.5. The number of nitrogens with zero attached hydrogens (tertiary/aromatic N) is 2. The molecule has 0 fully saturated rings. The van der Waals surface area contributed by atoms with E-state index in [0.717, 1.165) is 0 Å². The highest BCUT2D eigenvalue weighted by molar-refractivity contribution is 6.28. The molecular weight excluding hydrogens is 250 g/mol.